The summed E-state index contributed by atoms with van der Waals surface area (Å²) in [5.74, 6) is 0. The third-order valence-corrected chi connectivity index (χ3v) is 3.83. The van der Waals surface area contributed by atoms with E-state index in [1.165, 1.54) is 12.1 Å². The van der Waals surface area contributed by atoms with E-state index in [0.717, 1.165) is 31.9 Å². The molecule has 1 unspecified atom stereocenters. The van der Waals surface area contributed by atoms with Gasteiger partial charge in [-0.05, 0) is 43.9 Å². The standard InChI is InChI=1S/C15H17F3N2O/c16-15(17,18)14-6-5-13(9-11(14)10-19)20-7-1-3-12(20)4-2-8-21/h5-6,9,12,21H,1-4,7-8H2. The highest BCUT2D eigenvalue weighted by Gasteiger charge is 2.34. The first-order valence-corrected chi connectivity index (χ1v) is 6.96. The van der Waals surface area contributed by atoms with Crippen molar-refractivity contribution in [2.24, 2.45) is 0 Å². The van der Waals surface area contributed by atoms with E-state index in [9.17, 15) is 13.2 Å². The molecular formula is C15H17F3N2O. The van der Waals surface area contributed by atoms with E-state index < -0.39 is 11.7 Å². The van der Waals surface area contributed by atoms with Gasteiger partial charge in [-0.3, -0.25) is 0 Å². The minimum atomic E-state index is -4.51. The molecule has 0 aliphatic carbocycles. The Labute approximate surface area is 121 Å². The van der Waals surface area contributed by atoms with Gasteiger partial charge in [0.15, 0.2) is 0 Å². The first-order valence-electron chi connectivity index (χ1n) is 6.96. The van der Waals surface area contributed by atoms with Crippen LogP contribution in [0.15, 0.2) is 18.2 Å². The first-order chi connectivity index (χ1) is 9.97. The molecule has 1 heterocycles. The molecule has 6 heteroatoms. The van der Waals surface area contributed by atoms with Crippen LogP contribution in [0.3, 0.4) is 0 Å². The maximum atomic E-state index is 12.8. The number of hydrogen-bond donors (Lipinski definition) is 1. The summed E-state index contributed by atoms with van der Waals surface area (Å²) in [6.07, 6.45) is -1.10. The molecule has 1 aromatic rings. The fraction of sp³-hybridized carbons (Fsp3) is 0.533. The Morgan fingerprint density at radius 1 is 1.38 bits per heavy atom. The number of halogens is 3. The van der Waals surface area contributed by atoms with E-state index in [1.807, 2.05) is 4.90 Å². The first kappa shape index (κ1) is 15.6. The van der Waals surface area contributed by atoms with Crippen molar-refractivity contribution in [3.05, 3.63) is 29.3 Å². The van der Waals surface area contributed by atoms with E-state index in [2.05, 4.69) is 0 Å². The fourth-order valence-corrected chi connectivity index (χ4v) is 2.85. The highest BCUT2D eigenvalue weighted by molar-refractivity contribution is 5.56. The Balaban J connectivity index is 2.27. The predicted octanol–water partition coefficient (Wildman–Crippen LogP) is 3.32. The van der Waals surface area contributed by atoms with Crippen LogP contribution in [-0.4, -0.2) is 24.3 Å². The second kappa shape index (κ2) is 6.35. The van der Waals surface area contributed by atoms with Gasteiger partial charge in [-0.1, -0.05) is 0 Å². The number of hydrogen-bond acceptors (Lipinski definition) is 3. The molecule has 0 aromatic heterocycles. The monoisotopic (exact) mass is 298 g/mol. The van der Waals surface area contributed by atoms with Crippen LogP contribution in [0.1, 0.15) is 36.8 Å². The summed E-state index contributed by atoms with van der Waals surface area (Å²) in [4.78, 5) is 2.04. The summed E-state index contributed by atoms with van der Waals surface area (Å²) >= 11 is 0. The number of aliphatic hydroxyl groups is 1. The van der Waals surface area contributed by atoms with Gasteiger partial charge in [0.25, 0.3) is 0 Å². The number of alkyl halides is 3. The van der Waals surface area contributed by atoms with Crippen molar-refractivity contribution in [3.63, 3.8) is 0 Å². The Bertz CT molecular complexity index is 537. The lowest BCUT2D eigenvalue weighted by atomic mass is 10.0. The molecule has 0 radical (unpaired) electrons. The van der Waals surface area contributed by atoms with Crippen LogP contribution in [0.2, 0.25) is 0 Å². The molecular weight excluding hydrogens is 281 g/mol. The smallest absolute Gasteiger partial charge is 0.396 e. The van der Waals surface area contributed by atoms with Crippen molar-refractivity contribution in [3.8, 4) is 6.07 Å². The predicted molar refractivity (Wildman–Crippen MR) is 72.8 cm³/mol. The lowest BCUT2D eigenvalue weighted by molar-refractivity contribution is -0.137. The SMILES string of the molecule is N#Cc1cc(N2CCCC2CCCO)ccc1C(F)(F)F. The second-order valence-corrected chi connectivity index (χ2v) is 5.19. The van der Waals surface area contributed by atoms with Crippen LogP contribution in [0.25, 0.3) is 0 Å². The molecule has 1 aliphatic heterocycles. The quantitative estimate of drug-likeness (QED) is 0.927. The van der Waals surface area contributed by atoms with E-state index >= 15 is 0 Å². The molecule has 21 heavy (non-hydrogen) atoms. The van der Waals surface area contributed by atoms with Gasteiger partial charge >= 0.3 is 6.18 Å². The van der Waals surface area contributed by atoms with Gasteiger partial charge in [-0.2, -0.15) is 18.4 Å². The lowest BCUT2D eigenvalue weighted by Gasteiger charge is -2.27. The van der Waals surface area contributed by atoms with Crippen LogP contribution in [0.5, 0.6) is 0 Å². The van der Waals surface area contributed by atoms with Crippen molar-refractivity contribution < 1.29 is 18.3 Å². The van der Waals surface area contributed by atoms with Crippen LogP contribution in [0.4, 0.5) is 18.9 Å². The third kappa shape index (κ3) is 3.48. The summed E-state index contributed by atoms with van der Waals surface area (Å²) in [5.41, 5.74) is -0.576. The summed E-state index contributed by atoms with van der Waals surface area (Å²) in [5, 5.41) is 17.9. The topological polar surface area (TPSA) is 47.3 Å². The molecule has 1 aliphatic rings. The summed E-state index contributed by atoms with van der Waals surface area (Å²) in [6.45, 7) is 0.882. The van der Waals surface area contributed by atoms with E-state index in [-0.39, 0.29) is 18.2 Å². The third-order valence-electron chi connectivity index (χ3n) is 3.83. The van der Waals surface area contributed by atoms with Gasteiger partial charge in [0.05, 0.1) is 17.2 Å². The minimum Gasteiger partial charge on any atom is -0.396 e. The highest BCUT2D eigenvalue weighted by Crippen LogP contribution is 2.35. The highest BCUT2D eigenvalue weighted by atomic mass is 19.4. The van der Waals surface area contributed by atoms with Crippen LogP contribution in [0, 0.1) is 11.3 Å². The molecule has 2 rings (SSSR count). The van der Waals surface area contributed by atoms with Crippen molar-refractivity contribution in [2.75, 3.05) is 18.1 Å². The molecule has 1 fully saturated rings. The van der Waals surface area contributed by atoms with Crippen molar-refractivity contribution >= 4 is 5.69 Å². The summed E-state index contributed by atoms with van der Waals surface area (Å²) in [7, 11) is 0. The van der Waals surface area contributed by atoms with Crippen molar-refractivity contribution in [1.29, 1.82) is 5.26 Å². The molecule has 0 saturated carbocycles. The number of benzene rings is 1. The van der Waals surface area contributed by atoms with Crippen molar-refractivity contribution in [1.82, 2.24) is 0 Å². The number of aliphatic hydroxyl groups excluding tert-OH is 1. The molecule has 3 nitrogen and oxygen atoms in total. The second-order valence-electron chi connectivity index (χ2n) is 5.19. The molecule has 0 bridgehead atoms. The normalized spacial score (nSPS) is 18.8. The van der Waals surface area contributed by atoms with Gasteiger partial charge in [-0.25, -0.2) is 0 Å². The maximum absolute atomic E-state index is 12.8. The lowest BCUT2D eigenvalue weighted by Crippen LogP contribution is -2.29. The number of rotatable bonds is 4. The Hall–Kier alpha value is -1.74. The van der Waals surface area contributed by atoms with E-state index in [1.54, 1.807) is 6.07 Å². The zero-order chi connectivity index (χ0) is 15.5. The van der Waals surface area contributed by atoms with E-state index in [4.69, 9.17) is 10.4 Å². The van der Waals surface area contributed by atoms with E-state index in [0.29, 0.717) is 12.1 Å². The molecule has 0 spiro atoms. The van der Waals surface area contributed by atoms with Gasteiger partial charge < -0.3 is 10.0 Å². The summed E-state index contributed by atoms with van der Waals surface area (Å²) < 4.78 is 38.4. The fourth-order valence-electron chi connectivity index (χ4n) is 2.85. The Morgan fingerprint density at radius 3 is 2.76 bits per heavy atom. The molecule has 1 atom stereocenters. The molecule has 1 N–H and O–H groups in total. The zero-order valence-electron chi connectivity index (χ0n) is 11.5. The van der Waals surface area contributed by atoms with Gasteiger partial charge in [-0.15, -0.1) is 0 Å². The molecule has 1 aromatic carbocycles. The molecule has 114 valence electrons. The van der Waals surface area contributed by atoms with Crippen molar-refractivity contribution in [2.45, 2.75) is 37.9 Å². The van der Waals surface area contributed by atoms with Crippen LogP contribution >= 0.6 is 0 Å². The Morgan fingerprint density at radius 2 is 2.14 bits per heavy atom. The number of anilines is 1. The van der Waals surface area contributed by atoms with Gasteiger partial charge in [0.2, 0.25) is 0 Å². The largest absolute Gasteiger partial charge is 0.417 e. The average molecular weight is 298 g/mol. The maximum Gasteiger partial charge on any atom is 0.417 e. The van der Waals surface area contributed by atoms with Gasteiger partial charge in [0.1, 0.15) is 0 Å². The minimum absolute atomic E-state index is 0.112. The average Bonchev–Trinajstić information content (AvgIpc) is 2.91. The zero-order valence-corrected chi connectivity index (χ0v) is 11.5. The number of nitriles is 1. The van der Waals surface area contributed by atoms with Gasteiger partial charge in [0, 0.05) is 24.9 Å². The molecule has 1 saturated heterocycles. The van der Waals surface area contributed by atoms with Crippen LogP contribution in [-0.2, 0) is 6.18 Å². The summed E-state index contributed by atoms with van der Waals surface area (Å²) in [6, 6.07) is 5.59. The van der Waals surface area contributed by atoms with Crippen LogP contribution < -0.4 is 4.90 Å². The molecule has 0 amide bonds. The number of nitrogens with zero attached hydrogens (tertiary/aromatic N) is 2. The Kier molecular flexibility index (Phi) is 4.73.